The Hall–Kier alpha value is -3.94. The summed E-state index contributed by atoms with van der Waals surface area (Å²) < 4.78 is 5.40. The second-order valence-electron chi connectivity index (χ2n) is 14.0. The highest BCUT2D eigenvalue weighted by Crippen LogP contribution is 2.43. The van der Waals surface area contributed by atoms with Gasteiger partial charge in [0, 0.05) is 32.1 Å². The minimum Gasteiger partial charge on any atom is -0.379 e. The van der Waals surface area contributed by atoms with Crippen LogP contribution in [0.3, 0.4) is 0 Å². The van der Waals surface area contributed by atoms with Crippen LogP contribution in [0.5, 0.6) is 0 Å². The lowest BCUT2D eigenvalue weighted by Gasteiger charge is -2.37. The van der Waals surface area contributed by atoms with Crippen molar-refractivity contribution < 1.29 is 33.5 Å². The van der Waals surface area contributed by atoms with Crippen LogP contribution in [0, 0.1) is 17.3 Å². The average molecular weight is 656 g/mol. The van der Waals surface area contributed by atoms with Gasteiger partial charge in [-0.2, -0.15) is 0 Å². The molecule has 2 heterocycles. The monoisotopic (exact) mass is 655 g/mol. The molecule has 1 unspecified atom stereocenters. The molecule has 4 N–H and O–H groups in total. The van der Waals surface area contributed by atoms with Gasteiger partial charge in [-0.1, -0.05) is 40.5 Å². The summed E-state index contributed by atoms with van der Waals surface area (Å²) in [6, 6.07) is -4.10. The van der Waals surface area contributed by atoms with Gasteiger partial charge in [-0.15, -0.1) is 0 Å². The van der Waals surface area contributed by atoms with Crippen LogP contribution in [0.25, 0.3) is 0 Å². The quantitative estimate of drug-likeness (QED) is 0.211. The van der Waals surface area contributed by atoms with Gasteiger partial charge in [0.2, 0.25) is 23.5 Å². The summed E-state index contributed by atoms with van der Waals surface area (Å²) in [7, 11) is 1.41. The van der Waals surface area contributed by atoms with Gasteiger partial charge in [0.05, 0.1) is 18.3 Å². The first-order chi connectivity index (χ1) is 22.3. The zero-order valence-corrected chi connectivity index (χ0v) is 28.2. The third-order valence-electron chi connectivity index (χ3n) is 9.39. The Labute approximate surface area is 275 Å². The minimum absolute atomic E-state index is 0.00275. The first-order valence-corrected chi connectivity index (χ1v) is 16.6. The molecule has 3 fully saturated rings. The van der Waals surface area contributed by atoms with E-state index in [-0.39, 0.29) is 30.0 Å². The first kappa shape index (κ1) is 35.9. The van der Waals surface area contributed by atoms with E-state index in [0.717, 1.165) is 32.1 Å². The molecule has 0 spiro atoms. The molecule has 0 bridgehead atoms. The number of methoxy groups -OCH3 is 1. The Bertz CT molecular complexity index is 1330. The summed E-state index contributed by atoms with van der Waals surface area (Å²) in [5.74, 6) is -3.59. The molecule has 1 saturated heterocycles. The van der Waals surface area contributed by atoms with Crippen molar-refractivity contribution in [1.29, 1.82) is 0 Å². The molecule has 3 aliphatic rings. The number of nitrogens with one attached hydrogen (secondary N) is 4. The van der Waals surface area contributed by atoms with Crippen LogP contribution in [0.2, 0.25) is 0 Å². The molecule has 1 aliphatic heterocycles. The third kappa shape index (κ3) is 8.70. The number of carbonyl (C=O) groups is 6. The summed E-state index contributed by atoms with van der Waals surface area (Å²) in [4.78, 5) is 90.1. The summed E-state index contributed by atoms with van der Waals surface area (Å²) >= 11 is 0. The van der Waals surface area contributed by atoms with Crippen molar-refractivity contribution in [2.24, 2.45) is 17.3 Å². The molecule has 7 atom stereocenters. The predicted molar refractivity (Wildman–Crippen MR) is 170 cm³/mol. The number of ether oxygens (including phenoxy) is 1. The molecule has 14 heteroatoms. The second kappa shape index (κ2) is 15.3. The highest BCUT2D eigenvalue weighted by molar-refractivity contribution is 6.38. The average Bonchev–Trinajstić information content (AvgIpc) is 3.61. The van der Waals surface area contributed by atoms with Gasteiger partial charge in [-0.25, -0.2) is 4.98 Å². The van der Waals surface area contributed by atoms with Crippen molar-refractivity contribution in [3.8, 4) is 0 Å². The van der Waals surface area contributed by atoms with E-state index in [2.05, 4.69) is 31.2 Å². The fourth-order valence-corrected chi connectivity index (χ4v) is 6.54. The molecular formula is C33H49N7O7. The molecule has 4 rings (SSSR count). The second-order valence-corrected chi connectivity index (χ2v) is 14.0. The van der Waals surface area contributed by atoms with Crippen LogP contribution >= 0.6 is 0 Å². The smallest absolute Gasteiger partial charge is 0.289 e. The summed E-state index contributed by atoms with van der Waals surface area (Å²) in [5, 5.41) is 11.0. The van der Waals surface area contributed by atoms with E-state index in [1.807, 2.05) is 27.7 Å². The standard InChI is InChI=1S/C33H49N7O7/c1-7-9-22(26(41)31(45)36-20-12-13-20)37-30(44)25-21-11-8-10-19(21)17-40(25)32(46)27(33(3,4)5)39-29(43)24(18(2)47-6)38-28(42)23-16-34-14-15-35-23/h14-16,18-22,24-25,27H,7-13,17H2,1-6H3,(H,36,45)(H,37,44)(H,38,42)(H,39,43)/t18-,19+,21+,22?,24+,25+,27-/m1/s1. The lowest BCUT2D eigenvalue weighted by Crippen LogP contribution is -2.62. The highest BCUT2D eigenvalue weighted by atomic mass is 16.5. The summed E-state index contributed by atoms with van der Waals surface area (Å²) in [5.41, 5.74) is -0.776. The van der Waals surface area contributed by atoms with Crippen LogP contribution in [0.1, 0.15) is 90.1 Å². The van der Waals surface area contributed by atoms with Crippen molar-refractivity contribution in [3.63, 3.8) is 0 Å². The predicted octanol–water partition coefficient (Wildman–Crippen LogP) is 0.901. The largest absolute Gasteiger partial charge is 0.379 e. The molecule has 0 radical (unpaired) electrons. The molecule has 5 amide bonds. The molecule has 1 aromatic rings. The Balaban J connectivity index is 1.55. The van der Waals surface area contributed by atoms with Crippen molar-refractivity contribution in [2.45, 2.75) is 116 Å². The topological polar surface area (TPSA) is 189 Å². The van der Waals surface area contributed by atoms with Gasteiger partial charge >= 0.3 is 0 Å². The Morgan fingerprint density at radius 3 is 2.34 bits per heavy atom. The zero-order valence-electron chi connectivity index (χ0n) is 28.2. The summed E-state index contributed by atoms with van der Waals surface area (Å²) in [6.07, 6.45) is 8.33. The number of Topliss-reactive ketones (excluding diaryl/α,β-unsaturated/α-hetero) is 1. The van der Waals surface area contributed by atoms with Gasteiger partial charge in [0.25, 0.3) is 11.8 Å². The molecule has 47 heavy (non-hydrogen) atoms. The fraction of sp³-hybridized carbons (Fsp3) is 0.697. The van der Waals surface area contributed by atoms with Gasteiger partial charge in [0.15, 0.2) is 0 Å². The van der Waals surface area contributed by atoms with E-state index in [1.165, 1.54) is 30.6 Å². The molecule has 258 valence electrons. The lowest BCUT2D eigenvalue weighted by molar-refractivity contribution is -0.146. The van der Waals surface area contributed by atoms with Crippen LogP contribution < -0.4 is 21.3 Å². The molecule has 1 aromatic heterocycles. The number of hydrogen-bond donors (Lipinski definition) is 4. The molecule has 0 aromatic carbocycles. The fourth-order valence-electron chi connectivity index (χ4n) is 6.54. The SMILES string of the molecule is CCCC(NC(=O)[C@@H]1[C@H]2CCC[C@H]2CN1C(=O)[C@@H](NC(=O)[C@@H](NC(=O)c1cnccn1)[C@@H](C)OC)C(C)(C)C)C(=O)C(=O)NC1CC1. The highest BCUT2D eigenvalue weighted by Gasteiger charge is 2.52. The number of rotatable bonds is 14. The number of amides is 5. The van der Waals surface area contributed by atoms with Crippen molar-refractivity contribution in [1.82, 2.24) is 36.1 Å². The van der Waals surface area contributed by atoms with Gasteiger partial charge < -0.3 is 30.9 Å². The van der Waals surface area contributed by atoms with E-state index in [4.69, 9.17) is 4.74 Å². The van der Waals surface area contributed by atoms with Crippen LogP contribution in [0.15, 0.2) is 18.6 Å². The Morgan fingerprint density at radius 2 is 1.74 bits per heavy atom. The minimum atomic E-state index is -1.17. The number of fused-ring (bicyclic) bond motifs is 1. The van der Waals surface area contributed by atoms with E-state index in [9.17, 15) is 28.8 Å². The number of nitrogens with zero attached hydrogens (tertiary/aromatic N) is 3. The molecule has 2 aliphatic carbocycles. The van der Waals surface area contributed by atoms with Crippen LogP contribution in [-0.4, -0.2) is 100 Å². The van der Waals surface area contributed by atoms with Gasteiger partial charge in [0.1, 0.15) is 23.8 Å². The van der Waals surface area contributed by atoms with Crippen LogP contribution in [-0.2, 0) is 28.7 Å². The number of carbonyl (C=O) groups excluding carboxylic acids is 6. The lowest BCUT2D eigenvalue weighted by atomic mass is 9.85. The normalized spacial score (nSPS) is 23.1. The van der Waals surface area contributed by atoms with E-state index >= 15 is 0 Å². The maximum Gasteiger partial charge on any atom is 0.289 e. The number of ketones is 1. The molecule has 14 nitrogen and oxygen atoms in total. The zero-order chi connectivity index (χ0) is 34.5. The number of likely N-dealkylation sites (tertiary alicyclic amines) is 1. The Kier molecular flexibility index (Phi) is 11.7. The molecule has 2 saturated carbocycles. The van der Waals surface area contributed by atoms with Gasteiger partial charge in [-0.05, 0) is 56.3 Å². The third-order valence-corrected chi connectivity index (χ3v) is 9.39. The summed E-state index contributed by atoms with van der Waals surface area (Å²) in [6.45, 7) is 9.25. The Morgan fingerprint density at radius 1 is 1.02 bits per heavy atom. The molecular weight excluding hydrogens is 606 g/mol. The number of aromatic nitrogens is 2. The van der Waals surface area contributed by atoms with E-state index < -0.39 is 71.0 Å². The van der Waals surface area contributed by atoms with Crippen LogP contribution in [0.4, 0.5) is 0 Å². The van der Waals surface area contributed by atoms with Crippen molar-refractivity contribution in [2.75, 3.05) is 13.7 Å². The number of hydrogen-bond acceptors (Lipinski definition) is 9. The first-order valence-electron chi connectivity index (χ1n) is 16.6. The van der Waals surface area contributed by atoms with Crippen molar-refractivity contribution in [3.05, 3.63) is 24.3 Å². The maximum atomic E-state index is 14.4. The maximum absolute atomic E-state index is 14.4. The van der Waals surface area contributed by atoms with Crippen molar-refractivity contribution >= 4 is 35.3 Å². The van der Waals surface area contributed by atoms with E-state index in [1.54, 1.807) is 6.92 Å². The van der Waals surface area contributed by atoms with E-state index in [0.29, 0.717) is 13.0 Å². The van der Waals surface area contributed by atoms with Gasteiger partial charge in [-0.3, -0.25) is 33.8 Å².